The fraction of sp³-hybridized carbons (Fsp3) is 0.417. The van der Waals surface area contributed by atoms with E-state index in [1.165, 1.54) is 0 Å². The molecule has 0 radical (unpaired) electrons. The molecule has 0 saturated heterocycles. The molecular formula is C12H15BrO3. The molecule has 1 rings (SSSR count). The second-order valence-corrected chi connectivity index (χ2v) is 4.18. The molecule has 4 heteroatoms. The third-order valence-corrected chi connectivity index (χ3v) is 2.68. The van der Waals surface area contributed by atoms with Crippen molar-refractivity contribution in [2.24, 2.45) is 0 Å². The maximum absolute atomic E-state index is 11.7. The van der Waals surface area contributed by atoms with E-state index < -0.39 is 0 Å². The monoisotopic (exact) mass is 286 g/mol. The number of hydrogen-bond donors (Lipinski definition) is 0. The number of halogens is 1. The first-order valence-electron chi connectivity index (χ1n) is 5.13. The van der Waals surface area contributed by atoms with Crippen LogP contribution < -0.4 is 4.74 Å². The summed E-state index contributed by atoms with van der Waals surface area (Å²) in [4.78, 5) is 11.7. The Bertz CT molecular complexity index is 363. The second-order valence-electron chi connectivity index (χ2n) is 3.33. The van der Waals surface area contributed by atoms with Crippen molar-refractivity contribution in [1.82, 2.24) is 0 Å². The first-order chi connectivity index (χ1) is 7.69. The molecule has 1 aromatic carbocycles. The molecule has 88 valence electrons. The van der Waals surface area contributed by atoms with Crippen LogP contribution in [0.4, 0.5) is 0 Å². The van der Waals surface area contributed by atoms with E-state index in [4.69, 9.17) is 9.47 Å². The largest absolute Gasteiger partial charge is 0.496 e. The van der Waals surface area contributed by atoms with E-state index in [-0.39, 0.29) is 12.4 Å². The summed E-state index contributed by atoms with van der Waals surface area (Å²) in [6.45, 7) is 2.75. The summed E-state index contributed by atoms with van der Waals surface area (Å²) in [6.07, 6.45) is 0.916. The molecule has 0 fully saturated rings. The fourth-order valence-electron chi connectivity index (χ4n) is 1.23. The summed E-state index contributed by atoms with van der Waals surface area (Å²) < 4.78 is 11.1. The molecule has 0 bridgehead atoms. The van der Waals surface area contributed by atoms with Crippen LogP contribution >= 0.6 is 15.9 Å². The van der Waals surface area contributed by atoms with Gasteiger partial charge < -0.3 is 9.47 Å². The molecule has 0 aromatic heterocycles. The van der Waals surface area contributed by atoms with Gasteiger partial charge in [-0.2, -0.15) is 0 Å². The average Bonchev–Trinajstić information content (AvgIpc) is 2.29. The van der Waals surface area contributed by atoms with Crippen LogP contribution in [0.2, 0.25) is 0 Å². The molecule has 0 aliphatic heterocycles. The van der Waals surface area contributed by atoms with Crippen LogP contribution in [-0.4, -0.2) is 26.1 Å². The number of ether oxygens (including phenoxy) is 2. The van der Waals surface area contributed by atoms with Gasteiger partial charge in [0.2, 0.25) is 0 Å². The number of carbonyl (C=O) groups is 1. The molecule has 1 aromatic rings. The molecule has 0 atom stereocenters. The van der Waals surface area contributed by atoms with Gasteiger partial charge in [0.05, 0.1) is 11.6 Å². The van der Waals surface area contributed by atoms with Crippen molar-refractivity contribution in [3.05, 3.63) is 28.2 Å². The Balaban J connectivity index is 2.66. The van der Waals surface area contributed by atoms with Crippen molar-refractivity contribution in [3.8, 4) is 5.75 Å². The lowest BCUT2D eigenvalue weighted by atomic mass is 10.1. The van der Waals surface area contributed by atoms with Crippen LogP contribution in [0.25, 0.3) is 0 Å². The van der Waals surface area contributed by atoms with Crippen LogP contribution in [0.3, 0.4) is 0 Å². The van der Waals surface area contributed by atoms with Crippen LogP contribution in [0.15, 0.2) is 22.7 Å². The number of rotatable bonds is 6. The van der Waals surface area contributed by atoms with Crippen molar-refractivity contribution in [2.45, 2.75) is 13.3 Å². The molecule has 0 unspecified atom stereocenters. The summed E-state index contributed by atoms with van der Waals surface area (Å²) >= 11 is 3.34. The highest BCUT2D eigenvalue weighted by Gasteiger charge is 2.08. The maximum Gasteiger partial charge on any atom is 0.188 e. The predicted octanol–water partition coefficient (Wildman–Crippen LogP) is 3.07. The summed E-state index contributed by atoms with van der Waals surface area (Å²) in [7, 11) is 1.59. The van der Waals surface area contributed by atoms with Gasteiger partial charge in [0.1, 0.15) is 12.4 Å². The number of hydrogen-bond acceptors (Lipinski definition) is 3. The third-order valence-electron chi connectivity index (χ3n) is 2.06. The molecule has 0 N–H and O–H groups in total. The number of carbonyl (C=O) groups excluding carboxylic acids is 1. The van der Waals surface area contributed by atoms with Gasteiger partial charge in [-0.05, 0) is 40.5 Å². The molecule has 0 heterocycles. The number of Topliss-reactive ketones (excluding diaryl/α,β-unsaturated/α-hetero) is 1. The maximum atomic E-state index is 11.7. The molecule has 16 heavy (non-hydrogen) atoms. The van der Waals surface area contributed by atoms with Crippen molar-refractivity contribution >= 4 is 21.7 Å². The van der Waals surface area contributed by atoms with Gasteiger partial charge in [-0.3, -0.25) is 4.79 Å². The standard InChI is InChI=1S/C12H15BrO3/c1-3-6-16-8-11(14)9-4-5-12(15-2)10(13)7-9/h4-5,7H,3,6,8H2,1-2H3. The van der Waals surface area contributed by atoms with Gasteiger partial charge in [0.15, 0.2) is 5.78 Å². The van der Waals surface area contributed by atoms with E-state index >= 15 is 0 Å². The van der Waals surface area contributed by atoms with E-state index in [0.717, 1.165) is 10.9 Å². The Labute approximate surface area is 104 Å². The van der Waals surface area contributed by atoms with Crippen molar-refractivity contribution in [1.29, 1.82) is 0 Å². The zero-order chi connectivity index (χ0) is 12.0. The summed E-state index contributed by atoms with van der Waals surface area (Å²) in [5, 5.41) is 0. The van der Waals surface area contributed by atoms with E-state index in [1.54, 1.807) is 25.3 Å². The SMILES string of the molecule is CCCOCC(=O)c1ccc(OC)c(Br)c1. The van der Waals surface area contributed by atoms with Gasteiger partial charge in [-0.15, -0.1) is 0 Å². The fourth-order valence-corrected chi connectivity index (χ4v) is 1.77. The minimum Gasteiger partial charge on any atom is -0.496 e. The van der Waals surface area contributed by atoms with E-state index in [9.17, 15) is 4.79 Å². The summed E-state index contributed by atoms with van der Waals surface area (Å²) in [5.74, 6) is 0.697. The quantitative estimate of drug-likeness (QED) is 0.596. The smallest absolute Gasteiger partial charge is 0.188 e. The normalized spacial score (nSPS) is 10.2. The Morgan fingerprint density at radius 2 is 2.19 bits per heavy atom. The minimum absolute atomic E-state index is 0.0168. The molecular weight excluding hydrogens is 272 g/mol. The number of methoxy groups -OCH3 is 1. The zero-order valence-electron chi connectivity index (χ0n) is 9.46. The molecule has 3 nitrogen and oxygen atoms in total. The molecule has 0 saturated carbocycles. The minimum atomic E-state index is -0.0168. The highest BCUT2D eigenvalue weighted by atomic mass is 79.9. The van der Waals surface area contributed by atoms with Gasteiger partial charge >= 0.3 is 0 Å². The van der Waals surface area contributed by atoms with E-state index in [2.05, 4.69) is 15.9 Å². The van der Waals surface area contributed by atoms with Gasteiger partial charge in [0.25, 0.3) is 0 Å². The average molecular weight is 287 g/mol. The van der Waals surface area contributed by atoms with E-state index in [1.807, 2.05) is 6.92 Å². The molecule has 0 spiro atoms. The van der Waals surface area contributed by atoms with Crippen LogP contribution in [0.5, 0.6) is 5.75 Å². The van der Waals surface area contributed by atoms with Crippen molar-refractivity contribution in [2.75, 3.05) is 20.3 Å². The zero-order valence-corrected chi connectivity index (χ0v) is 11.0. The van der Waals surface area contributed by atoms with Crippen molar-refractivity contribution in [3.63, 3.8) is 0 Å². The second kappa shape index (κ2) is 6.66. The van der Waals surface area contributed by atoms with Crippen molar-refractivity contribution < 1.29 is 14.3 Å². The van der Waals surface area contributed by atoms with Crippen LogP contribution in [0, 0.1) is 0 Å². The highest BCUT2D eigenvalue weighted by Crippen LogP contribution is 2.25. The number of ketones is 1. The first kappa shape index (κ1) is 13.2. The summed E-state index contributed by atoms with van der Waals surface area (Å²) in [5.41, 5.74) is 0.628. The van der Waals surface area contributed by atoms with Crippen LogP contribution in [0.1, 0.15) is 23.7 Å². The Morgan fingerprint density at radius 1 is 1.44 bits per heavy atom. The lowest BCUT2D eigenvalue weighted by Crippen LogP contribution is -2.09. The number of benzene rings is 1. The predicted molar refractivity (Wildman–Crippen MR) is 66.1 cm³/mol. The first-order valence-corrected chi connectivity index (χ1v) is 5.92. The highest BCUT2D eigenvalue weighted by molar-refractivity contribution is 9.10. The molecule has 0 aliphatic rings. The third kappa shape index (κ3) is 3.61. The van der Waals surface area contributed by atoms with Crippen LogP contribution in [-0.2, 0) is 4.74 Å². The Kier molecular flexibility index (Phi) is 5.49. The Hall–Kier alpha value is -0.870. The Morgan fingerprint density at radius 3 is 2.75 bits per heavy atom. The molecule has 0 aliphatic carbocycles. The van der Waals surface area contributed by atoms with E-state index in [0.29, 0.717) is 17.9 Å². The lowest BCUT2D eigenvalue weighted by molar-refractivity contribution is 0.0761. The molecule has 0 amide bonds. The van der Waals surface area contributed by atoms with Gasteiger partial charge in [0, 0.05) is 12.2 Å². The van der Waals surface area contributed by atoms with Gasteiger partial charge in [-0.1, -0.05) is 6.92 Å². The lowest BCUT2D eigenvalue weighted by Gasteiger charge is -2.06. The summed E-state index contributed by atoms with van der Waals surface area (Å²) in [6, 6.07) is 5.24. The topological polar surface area (TPSA) is 35.5 Å². The van der Waals surface area contributed by atoms with Gasteiger partial charge in [-0.25, -0.2) is 0 Å².